The molecule has 0 spiro atoms. The van der Waals surface area contributed by atoms with Crippen LogP contribution in [0.2, 0.25) is 0 Å². The normalized spacial score (nSPS) is 25.8. The van der Waals surface area contributed by atoms with Crippen LogP contribution in [0.1, 0.15) is 57.6 Å². The lowest BCUT2D eigenvalue weighted by atomic mass is 9.85. The molecule has 9 heteroatoms. The molecule has 0 amide bonds. The van der Waals surface area contributed by atoms with E-state index in [1.54, 1.807) is 7.11 Å². The maximum Gasteiger partial charge on any atom is 0.241 e. The number of hydrogen-bond acceptors (Lipinski definition) is 8. The van der Waals surface area contributed by atoms with E-state index < -0.39 is 5.60 Å². The van der Waals surface area contributed by atoms with Crippen LogP contribution in [-0.4, -0.2) is 74.3 Å². The lowest BCUT2D eigenvalue weighted by molar-refractivity contribution is 0.0839. The third kappa shape index (κ3) is 5.12. The summed E-state index contributed by atoms with van der Waals surface area (Å²) in [4.78, 5) is 11.3. The Morgan fingerprint density at radius 1 is 1.23 bits per heavy atom. The molecule has 1 aliphatic carbocycles. The maximum atomic E-state index is 10.4. The average Bonchev–Trinajstić information content (AvgIpc) is 3.40. The first-order valence-corrected chi connectivity index (χ1v) is 12.6. The zero-order valence-corrected chi connectivity index (χ0v) is 20.8. The Hall–Kier alpha value is -2.75. The fraction of sp³-hybridized carbons (Fsp3) is 0.577. The molecule has 1 aliphatic heterocycles. The van der Waals surface area contributed by atoms with Gasteiger partial charge in [-0.1, -0.05) is 0 Å². The molecule has 5 rings (SSSR count). The standard InChI is InChI=1S/C26H36N6O3/c1-17(15-35-3)29-25-28-14-23-21(13-22(32(23)30-25)18-4-6-20(33)7-5-18)19-8-10-27-24(12-19)31-11-9-26(2,34)16-31/h8,10,12-14,17-18,20,33-34H,4-7,9,11,15-16H2,1-3H3,(H,29,30)/t17-,18-,20-,26?/m0/s1. The van der Waals surface area contributed by atoms with Crippen molar-refractivity contribution in [2.75, 3.05) is 37.0 Å². The van der Waals surface area contributed by atoms with Crippen molar-refractivity contribution in [1.29, 1.82) is 0 Å². The highest BCUT2D eigenvalue weighted by Crippen LogP contribution is 2.38. The number of aliphatic hydroxyl groups excluding tert-OH is 1. The fourth-order valence-electron chi connectivity index (χ4n) is 5.39. The Morgan fingerprint density at radius 2 is 2.03 bits per heavy atom. The Morgan fingerprint density at radius 3 is 2.74 bits per heavy atom. The number of aromatic nitrogens is 4. The van der Waals surface area contributed by atoms with Gasteiger partial charge in [0.1, 0.15) is 5.82 Å². The molecule has 3 aromatic heterocycles. The second kappa shape index (κ2) is 9.72. The molecule has 0 radical (unpaired) electrons. The van der Waals surface area contributed by atoms with E-state index in [4.69, 9.17) is 9.84 Å². The monoisotopic (exact) mass is 480 g/mol. The number of hydrogen-bond donors (Lipinski definition) is 3. The summed E-state index contributed by atoms with van der Waals surface area (Å²) in [6, 6.07) is 6.43. The van der Waals surface area contributed by atoms with E-state index in [2.05, 4.69) is 32.3 Å². The molecule has 3 N–H and O–H groups in total. The van der Waals surface area contributed by atoms with Gasteiger partial charge in [-0.15, -0.1) is 5.10 Å². The molecule has 1 saturated carbocycles. The van der Waals surface area contributed by atoms with E-state index >= 15 is 0 Å². The number of aliphatic hydroxyl groups is 2. The SMILES string of the molecule is COC[C@H](C)Nc1ncc2c(-c3ccnc(N4CCC(C)(O)C4)c3)cc([C@H]3CC[C@H](O)CC3)n2n1. The molecule has 1 saturated heterocycles. The number of anilines is 2. The average molecular weight is 481 g/mol. The van der Waals surface area contributed by atoms with Crippen molar-refractivity contribution in [2.45, 2.75) is 69.6 Å². The first-order valence-electron chi connectivity index (χ1n) is 12.6. The predicted octanol–water partition coefficient (Wildman–Crippen LogP) is 3.22. The number of rotatable bonds is 7. The second-order valence-corrected chi connectivity index (χ2v) is 10.4. The summed E-state index contributed by atoms with van der Waals surface area (Å²) >= 11 is 0. The minimum absolute atomic E-state index is 0.0844. The highest BCUT2D eigenvalue weighted by atomic mass is 16.5. The number of nitrogens with one attached hydrogen (secondary N) is 1. The number of ether oxygens (including phenoxy) is 1. The Balaban J connectivity index is 1.53. The minimum Gasteiger partial charge on any atom is -0.393 e. The second-order valence-electron chi connectivity index (χ2n) is 10.4. The van der Waals surface area contributed by atoms with E-state index in [1.807, 2.05) is 36.8 Å². The van der Waals surface area contributed by atoms with Gasteiger partial charge in [-0.2, -0.15) is 0 Å². The maximum absolute atomic E-state index is 10.4. The molecule has 188 valence electrons. The fourth-order valence-corrected chi connectivity index (χ4v) is 5.39. The third-order valence-corrected chi connectivity index (χ3v) is 7.28. The van der Waals surface area contributed by atoms with Crippen molar-refractivity contribution in [3.63, 3.8) is 0 Å². The first kappa shape index (κ1) is 24.0. The highest BCUT2D eigenvalue weighted by molar-refractivity contribution is 5.82. The van der Waals surface area contributed by atoms with Crippen molar-refractivity contribution in [3.05, 3.63) is 36.3 Å². The van der Waals surface area contributed by atoms with Gasteiger partial charge in [-0.3, -0.25) is 0 Å². The number of methoxy groups -OCH3 is 1. The van der Waals surface area contributed by atoms with Crippen LogP contribution in [0.15, 0.2) is 30.6 Å². The zero-order valence-electron chi connectivity index (χ0n) is 20.8. The van der Waals surface area contributed by atoms with Gasteiger partial charge in [-0.05, 0) is 69.7 Å². The van der Waals surface area contributed by atoms with Crippen LogP contribution in [0.25, 0.3) is 16.6 Å². The summed E-state index contributed by atoms with van der Waals surface area (Å²) in [6.45, 7) is 5.84. The van der Waals surface area contributed by atoms with Crippen molar-refractivity contribution in [2.24, 2.45) is 0 Å². The van der Waals surface area contributed by atoms with Gasteiger partial charge in [0.15, 0.2) is 0 Å². The van der Waals surface area contributed by atoms with E-state index in [9.17, 15) is 10.2 Å². The molecular weight excluding hydrogens is 444 g/mol. The molecule has 2 atom stereocenters. The van der Waals surface area contributed by atoms with Gasteiger partial charge in [0, 0.05) is 49.6 Å². The van der Waals surface area contributed by atoms with E-state index in [-0.39, 0.29) is 12.1 Å². The number of β-amino-alcohol motifs (C(OH)–C–C–N with tert-alkyl or cyclic N) is 1. The number of nitrogens with zero attached hydrogens (tertiary/aromatic N) is 5. The van der Waals surface area contributed by atoms with Gasteiger partial charge in [-0.25, -0.2) is 14.5 Å². The van der Waals surface area contributed by atoms with E-state index in [1.165, 1.54) is 0 Å². The molecule has 9 nitrogen and oxygen atoms in total. The smallest absolute Gasteiger partial charge is 0.241 e. The summed E-state index contributed by atoms with van der Waals surface area (Å²) in [5, 5.41) is 28.7. The van der Waals surface area contributed by atoms with Crippen molar-refractivity contribution in [1.82, 2.24) is 19.6 Å². The van der Waals surface area contributed by atoms with Crippen LogP contribution in [0.3, 0.4) is 0 Å². The summed E-state index contributed by atoms with van der Waals surface area (Å²) < 4.78 is 7.27. The van der Waals surface area contributed by atoms with Crippen molar-refractivity contribution < 1.29 is 14.9 Å². The molecule has 3 aromatic rings. The van der Waals surface area contributed by atoms with Gasteiger partial charge < -0.3 is 25.2 Å². The number of pyridine rings is 1. The van der Waals surface area contributed by atoms with Crippen LogP contribution >= 0.6 is 0 Å². The molecular formula is C26H36N6O3. The first-order chi connectivity index (χ1) is 16.8. The summed E-state index contributed by atoms with van der Waals surface area (Å²) in [5.41, 5.74) is 3.53. The highest BCUT2D eigenvalue weighted by Gasteiger charge is 2.32. The van der Waals surface area contributed by atoms with E-state index in [0.29, 0.717) is 25.0 Å². The summed E-state index contributed by atoms with van der Waals surface area (Å²) in [6.07, 6.45) is 7.72. The van der Waals surface area contributed by atoms with Crippen LogP contribution in [0.5, 0.6) is 0 Å². The summed E-state index contributed by atoms with van der Waals surface area (Å²) in [5.74, 6) is 1.76. The minimum atomic E-state index is -0.684. The largest absolute Gasteiger partial charge is 0.393 e. The van der Waals surface area contributed by atoms with Crippen LogP contribution < -0.4 is 10.2 Å². The Bertz CT molecular complexity index is 1170. The molecule has 0 aromatic carbocycles. The molecule has 2 fully saturated rings. The van der Waals surface area contributed by atoms with Crippen LogP contribution in [0, 0.1) is 0 Å². The van der Waals surface area contributed by atoms with Crippen molar-refractivity contribution >= 4 is 17.3 Å². The molecule has 0 bridgehead atoms. The lowest BCUT2D eigenvalue weighted by Gasteiger charge is -2.25. The van der Waals surface area contributed by atoms with Gasteiger partial charge in [0.2, 0.25) is 5.95 Å². The quantitative estimate of drug-likeness (QED) is 0.473. The molecule has 35 heavy (non-hydrogen) atoms. The third-order valence-electron chi connectivity index (χ3n) is 7.28. The summed E-state index contributed by atoms with van der Waals surface area (Å²) in [7, 11) is 1.68. The zero-order chi connectivity index (χ0) is 24.6. The molecule has 4 heterocycles. The number of fused-ring (bicyclic) bond motifs is 1. The predicted molar refractivity (Wildman–Crippen MR) is 136 cm³/mol. The Labute approximate surface area is 206 Å². The van der Waals surface area contributed by atoms with Gasteiger partial charge in [0.05, 0.1) is 30.0 Å². The lowest BCUT2D eigenvalue weighted by Crippen LogP contribution is -2.29. The van der Waals surface area contributed by atoms with Gasteiger partial charge >= 0.3 is 0 Å². The van der Waals surface area contributed by atoms with Crippen LogP contribution in [-0.2, 0) is 4.74 Å². The van der Waals surface area contributed by atoms with Gasteiger partial charge in [0.25, 0.3) is 0 Å². The van der Waals surface area contributed by atoms with Crippen LogP contribution in [0.4, 0.5) is 11.8 Å². The van der Waals surface area contributed by atoms with Crippen molar-refractivity contribution in [3.8, 4) is 11.1 Å². The molecule has 2 aliphatic rings. The van der Waals surface area contributed by atoms with E-state index in [0.717, 1.165) is 66.8 Å². The Kier molecular flexibility index (Phi) is 6.65. The topological polar surface area (TPSA) is 108 Å². The molecule has 1 unspecified atom stereocenters.